The molecule has 4 heteroatoms. The quantitative estimate of drug-likeness (QED) is 0.760. The lowest BCUT2D eigenvalue weighted by molar-refractivity contribution is -0.121. The van der Waals surface area contributed by atoms with Gasteiger partial charge in [0, 0.05) is 11.4 Å². The Hall–Kier alpha value is -1.00. The minimum Gasteiger partial charge on any atom is -0.388 e. The van der Waals surface area contributed by atoms with E-state index in [1.54, 1.807) is 6.92 Å². The molecular weight excluding hydrogens is 270 g/mol. The van der Waals surface area contributed by atoms with E-state index in [-0.39, 0.29) is 17.1 Å². The SMILES string of the molecule is CCC(C)C(C)(O)CNC(=O)C(C)Sc1ccccc1. The molecular formula is C16H25NO2S. The molecule has 0 radical (unpaired) electrons. The third kappa shape index (κ3) is 5.17. The van der Waals surface area contributed by atoms with Crippen molar-refractivity contribution in [2.24, 2.45) is 5.92 Å². The van der Waals surface area contributed by atoms with Crippen LogP contribution in [0.1, 0.15) is 34.1 Å². The fraction of sp³-hybridized carbons (Fsp3) is 0.562. The number of nitrogens with one attached hydrogen (secondary N) is 1. The molecule has 0 aromatic heterocycles. The van der Waals surface area contributed by atoms with Crippen LogP contribution < -0.4 is 5.32 Å². The number of thioether (sulfide) groups is 1. The van der Waals surface area contributed by atoms with Gasteiger partial charge in [-0.3, -0.25) is 4.79 Å². The lowest BCUT2D eigenvalue weighted by Gasteiger charge is -2.30. The van der Waals surface area contributed by atoms with E-state index >= 15 is 0 Å². The van der Waals surface area contributed by atoms with Gasteiger partial charge in [0.25, 0.3) is 0 Å². The van der Waals surface area contributed by atoms with Gasteiger partial charge in [-0.25, -0.2) is 0 Å². The zero-order valence-corrected chi connectivity index (χ0v) is 13.5. The van der Waals surface area contributed by atoms with Gasteiger partial charge in [-0.15, -0.1) is 11.8 Å². The van der Waals surface area contributed by atoms with E-state index in [4.69, 9.17) is 0 Å². The molecule has 2 N–H and O–H groups in total. The van der Waals surface area contributed by atoms with Crippen LogP contribution in [0.25, 0.3) is 0 Å². The molecule has 1 aromatic rings. The van der Waals surface area contributed by atoms with E-state index in [2.05, 4.69) is 5.32 Å². The second-order valence-electron chi connectivity index (χ2n) is 5.46. The van der Waals surface area contributed by atoms with Crippen LogP contribution in [0.15, 0.2) is 35.2 Å². The molecule has 0 saturated carbocycles. The molecule has 3 atom stereocenters. The summed E-state index contributed by atoms with van der Waals surface area (Å²) < 4.78 is 0. The first-order valence-electron chi connectivity index (χ1n) is 7.08. The summed E-state index contributed by atoms with van der Waals surface area (Å²) in [5.41, 5.74) is -0.860. The highest BCUT2D eigenvalue weighted by atomic mass is 32.2. The summed E-state index contributed by atoms with van der Waals surface area (Å²) in [7, 11) is 0. The third-order valence-electron chi connectivity index (χ3n) is 3.72. The van der Waals surface area contributed by atoms with Crippen LogP contribution in [0.2, 0.25) is 0 Å². The van der Waals surface area contributed by atoms with Gasteiger partial charge < -0.3 is 10.4 Å². The number of hydrogen-bond acceptors (Lipinski definition) is 3. The van der Waals surface area contributed by atoms with E-state index in [0.29, 0.717) is 6.54 Å². The minimum atomic E-state index is -0.860. The molecule has 1 rings (SSSR count). The molecule has 3 nitrogen and oxygen atoms in total. The maximum atomic E-state index is 12.1. The molecule has 0 spiro atoms. The summed E-state index contributed by atoms with van der Waals surface area (Å²) in [6, 6.07) is 9.85. The summed E-state index contributed by atoms with van der Waals surface area (Å²) >= 11 is 1.52. The molecule has 0 fully saturated rings. The molecule has 1 amide bonds. The van der Waals surface area contributed by atoms with Crippen LogP contribution >= 0.6 is 11.8 Å². The summed E-state index contributed by atoms with van der Waals surface area (Å²) in [6.45, 7) is 7.98. The normalized spacial score (nSPS) is 17.1. The molecule has 0 aliphatic carbocycles. The Balaban J connectivity index is 2.46. The van der Waals surface area contributed by atoms with Crippen LogP contribution in [0, 0.1) is 5.92 Å². The lowest BCUT2D eigenvalue weighted by atomic mass is 9.88. The summed E-state index contributed by atoms with van der Waals surface area (Å²) in [6.07, 6.45) is 0.886. The van der Waals surface area contributed by atoms with E-state index in [1.165, 1.54) is 11.8 Å². The van der Waals surface area contributed by atoms with Crippen molar-refractivity contribution in [2.75, 3.05) is 6.54 Å². The maximum Gasteiger partial charge on any atom is 0.233 e. The van der Waals surface area contributed by atoms with Gasteiger partial charge >= 0.3 is 0 Å². The van der Waals surface area contributed by atoms with Gasteiger partial charge in [0.05, 0.1) is 10.9 Å². The van der Waals surface area contributed by atoms with E-state index < -0.39 is 5.60 Å². The molecule has 20 heavy (non-hydrogen) atoms. The van der Waals surface area contributed by atoms with Crippen molar-refractivity contribution < 1.29 is 9.90 Å². The highest BCUT2D eigenvalue weighted by molar-refractivity contribution is 8.00. The first-order valence-corrected chi connectivity index (χ1v) is 7.96. The zero-order valence-electron chi connectivity index (χ0n) is 12.7. The highest BCUT2D eigenvalue weighted by Crippen LogP contribution is 2.23. The average Bonchev–Trinajstić information content (AvgIpc) is 2.44. The zero-order chi connectivity index (χ0) is 15.2. The molecule has 1 aromatic carbocycles. The number of hydrogen-bond donors (Lipinski definition) is 2. The third-order valence-corrected chi connectivity index (χ3v) is 4.83. The van der Waals surface area contributed by atoms with Crippen LogP contribution in [0.5, 0.6) is 0 Å². The fourth-order valence-corrected chi connectivity index (χ4v) is 2.69. The van der Waals surface area contributed by atoms with Gasteiger partial charge in [-0.1, -0.05) is 38.5 Å². The van der Waals surface area contributed by atoms with Crippen LogP contribution in [0.3, 0.4) is 0 Å². The second-order valence-corrected chi connectivity index (χ2v) is 6.87. The Morgan fingerprint density at radius 1 is 1.35 bits per heavy atom. The maximum absolute atomic E-state index is 12.1. The molecule has 0 bridgehead atoms. The van der Waals surface area contributed by atoms with E-state index in [1.807, 2.05) is 51.1 Å². The Morgan fingerprint density at radius 3 is 2.50 bits per heavy atom. The molecule has 0 aliphatic heterocycles. The highest BCUT2D eigenvalue weighted by Gasteiger charge is 2.28. The van der Waals surface area contributed by atoms with Gasteiger partial charge in [-0.2, -0.15) is 0 Å². The first-order chi connectivity index (χ1) is 9.36. The van der Waals surface area contributed by atoms with Crippen molar-refractivity contribution in [3.05, 3.63) is 30.3 Å². The largest absolute Gasteiger partial charge is 0.388 e. The van der Waals surface area contributed by atoms with Crippen LogP contribution in [0.4, 0.5) is 0 Å². The Morgan fingerprint density at radius 2 is 1.95 bits per heavy atom. The number of carbonyl (C=O) groups is 1. The molecule has 0 aliphatic rings. The number of rotatable bonds is 7. The van der Waals surface area contributed by atoms with Gasteiger partial charge in [0.2, 0.25) is 5.91 Å². The fourth-order valence-electron chi connectivity index (χ4n) is 1.78. The summed E-state index contributed by atoms with van der Waals surface area (Å²) in [5, 5.41) is 13.0. The van der Waals surface area contributed by atoms with Gasteiger partial charge in [0.1, 0.15) is 0 Å². The van der Waals surface area contributed by atoms with Crippen molar-refractivity contribution in [1.29, 1.82) is 0 Å². The van der Waals surface area contributed by atoms with Crippen molar-refractivity contribution in [3.63, 3.8) is 0 Å². The second kappa shape index (κ2) is 7.70. The Labute approximate surface area is 126 Å². The predicted molar refractivity (Wildman–Crippen MR) is 84.8 cm³/mol. The monoisotopic (exact) mass is 295 g/mol. The summed E-state index contributed by atoms with van der Waals surface area (Å²) in [5.74, 6) is 0.113. The standard InChI is InChI=1S/C16H25NO2S/c1-5-12(2)16(4,19)11-17-15(18)13(3)20-14-9-7-6-8-10-14/h6-10,12-13,19H,5,11H2,1-4H3,(H,17,18). The van der Waals surface area contributed by atoms with Crippen molar-refractivity contribution >= 4 is 17.7 Å². The average molecular weight is 295 g/mol. The van der Waals surface area contributed by atoms with Crippen LogP contribution in [-0.4, -0.2) is 28.4 Å². The Bertz CT molecular complexity index is 420. The van der Waals surface area contributed by atoms with Crippen molar-refractivity contribution in [2.45, 2.75) is 49.9 Å². The van der Waals surface area contributed by atoms with Crippen molar-refractivity contribution in [1.82, 2.24) is 5.32 Å². The molecule has 0 heterocycles. The van der Waals surface area contributed by atoms with Gasteiger partial charge in [-0.05, 0) is 31.9 Å². The lowest BCUT2D eigenvalue weighted by Crippen LogP contribution is -2.46. The molecule has 112 valence electrons. The topological polar surface area (TPSA) is 49.3 Å². The Kier molecular flexibility index (Phi) is 6.56. The van der Waals surface area contributed by atoms with Crippen LogP contribution in [-0.2, 0) is 4.79 Å². The number of amides is 1. The summed E-state index contributed by atoms with van der Waals surface area (Å²) in [4.78, 5) is 13.1. The minimum absolute atomic E-state index is 0.0394. The first kappa shape index (κ1) is 17.1. The molecule has 0 saturated heterocycles. The van der Waals surface area contributed by atoms with E-state index in [0.717, 1.165) is 11.3 Å². The van der Waals surface area contributed by atoms with E-state index in [9.17, 15) is 9.90 Å². The molecule has 3 unspecified atom stereocenters. The predicted octanol–water partition coefficient (Wildman–Crippen LogP) is 3.08. The smallest absolute Gasteiger partial charge is 0.233 e. The number of aliphatic hydroxyl groups is 1. The number of carbonyl (C=O) groups excluding carboxylic acids is 1. The number of benzene rings is 1. The van der Waals surface area contributed by atoms with Crippen molar-refractivity contribution in [3.8, 4) is 0 Å². The van der Waals surface area contributed by atoms with Gasteiger partial charge in [0.15, 0.2) is 0 Å².